The van der Waals surface area contributed by atoms with Crippen molar-refractivity contribution in [2.45, 2.75) is 26.4 Å². The fraction of sp³-hybridized carbons (Fsp3) is 0.333. The van der Waals surface area contributed by atoms with Crippen LogP contribution in [0.25, 0.3) is 11.0 Å². The summed E-state index contributed by atoms with van der Waals surface area (Å²) in [4.78, 5) is 36.2. The van der Waals surface area contributed by atoms with E-state index in [4.69, 9.17) is 4.74 Å². The predicted molar refractivity (Wildman–Crippen MR) is 70.8 cm³/mol. The van der Waals surface area contributed by atoms with Gasteiger partial charge in [-0.25, -0.2) is 9.59 Å². The Bertz CT molecular complexity index is 751. The highest BCUT2D eigenvalue weighted by molar-refractivity contribution is 5.87. The van der Waals surface area contributed by atoms with Gasteiger partial charge in [-0.05, 0) is 26.8 Å². The topological polar surface area (TPSA) is 107 Å². The summed E-state index contributed by atoms with van der Waals surface area (Å²) >= 11 is 0. The molecule has 0 unspecified atom stereocenters. The summed E-state index contributed by atoms with van der Waals surface area (Å²) in [6, 6.07) is 3.74. The third kappa shape index (κ3) is 2.53. The van der Waals surface area contributed by atoms with Crippen molar-refractivity contribution in [1.29, 1.82) is 0 Å². The molecule has 2 aromatic rings. The number of benzene rings is 1. The highest BCUT2D eigenvalue weighted by Crippen LogP contribution is 2.19. The van der Waals surface area contributed by atoms with Crippen LogP contribution in [-0.4, -0.2) is 26.2 Å². The normalized spacial score (nSPS) is 11.6. The Hall–Kier alpha value is -2.64. The summed E-state index contributed by atoms with van der Waals surface area (Å²) in [5.41, 5.74) is -1.18. The Kier molecular flexibility index (Phi) is 3.09. The van der Waals surface area contributed by atoms with Crippen LogP contribution in [-0.2, 0) is 4.74 Å². The van der Waals surface area contributed by atoms with Gasteiger partial charge < -0.3 is 9.72 Å². The van der Waals surface area contributed by atoms with E-state index in [1.54, 1.807) is 20.8 Å². The monoisotopic (exact) mass is 279 g/mol. The van der Waals surface area contributed by atoms with Crippen molar-refractivity contribution in [1.82, 2.24) is 9.55 Å². The minimum atomic E-state index is -0.831. The van der Waals surface area contributed by atoms with Crippen LogP contribution in [0.4, 0.5) is 10.5 Å². The molecule has 0 aliphatic heterocycles. The highest BCUT2D eigenvalue weighted by Gasteiger charge is 2.22. The number of nitrogens with zero attached hydrogens (tertiary/aromatic N) is 2. The van der Waals surface area contributed by atoms with E-state index in [-0.39, 0.29) is 16.7 Å². The second-order valence-electron chi connectivity index (χ2n) is 5.20. The van der Waals surface area contributed by atoms with E-state index >= 15 is 0 Å². The van der Waals surface area contributed by atoms with E-state index in [0.717, 1.165) is 4.57 Å². The second-order valence-corrected chi connectivity index (χ2v) is 5.20. The van der Waals surface area contributed by atoms with Gasteiger partial charge in [0.2, 0.25) is 0 Å². The van der Waals surface area contributed by atoms with Crippen LogP contribution in [0.1, 0.15) is 20.8 Å². The van der Waals surface area contributed by atoms with Crippen LogP contribution >= 0.6 is 0 Å². The molecule has 1 aromatic carbocycles. The first kappa shape index (κ1) is 13.8. The molecule has 1 aromatic heterocycles. The smallest absolute Gasteiger partial charge is 0.423 e. The number of rotatable bonds is 1. The summed E-state index contributed by atoms with van der Waals surface area (Å²) in [5, 5.41) is 10.7. The number of nitro benzene ring substituents is 1. The van der Waals surface area contributed by atoms with E-state index in [1.807, 2.05) is 0 Å². The van der Waals surface area contributed by atoms with E-state index in [1.165, 1.54) is 18.2 Å². The number of aromatic amines is 1. The number of imidazole rings is 1. The van der Waals surface area contributed by atoms with Crippen LogP contribution in [0.3, 0.4) is 0 Å². The Morgan fingerprint density at radius 1 is 1.40 bits per heavy atom. The van der Waals surface area contributed by atoms with E-state index in [2.05, 4.69) is 4.98 Å². The molecule has 8 nitrogen and oxygen atoms in total. The van der Waals surface area contributed by atoms with Gasteiger partial charge in [0, 0.05) is 12.1 Å². The molecular formula is C12H13N3O5. The summed E-state index contributed by atoms with van der Waals surface area (Å²) in [7, 11) is 0. The third-order valence-electron chi connectivity index (χ3n) is 2.45. The number of non-ortho nitro benzene ring substituents is 1. The maximum atomic E-state index is 12.0. The molecule has 106 valence electrons. The minimum absolute atomic E-state index is 0.171. The molecule has 2 rings (SSSR count). The van der Waals surface area contributed by atoms with Gasteiger partial charge in [-0.1, -0.05) is 0 Å². The molecule has 0 fully saturated rings. The van der Waals surface area contributed by atoms with Gasteiger partial charge in [0.25, 0.3) is 5.69 Å². The van der Waals surface area contributed by atoms with Gasteiger partial charge in [-0.2, -0.15) is 4.57 Å². The van der Waals surface area contributed by atoms with Crippen molar-refractivity contribution in [2.24, 2.45) is 0 Å². The van der Waals surface area contributed by atoms with Crippen LogP contribution in [0, 0.1) is 10.1 Å². The Labute approximate surface area is 113 Å². The van der Waals surface area contributed by atoms with Gasteiger partial charge >= 0.3 is 11.8 Å². The Balaban J connectivity index is 2.55. The number of H-pyrrole nitrogens is 1. The molecule has 1 heterocycles. The quantitative estimate of drug-likeness (QED) is 0.634. The lowest BCUT2D eigenvalue weighted by Crippen LogP contribution is -2.32. The third-order valence-corrected chi connectivity index (χ3v) is 2.45. The standard InChI is InChI=1S/C12H13N3O5/c1-12(2,3)20-11(17)14-9-5-4-7(15(18)19)6-8(9)13-10(14)16/h4-6H,1-3H3,(H,13,16). The van der Waals surface area contributed by atoms with Crippen LogP contribution in [0.15, 0.2) is 23.0 Å². The van der Waals surface area contributed by atoms with Gasteiger partial charge in [0.1, 0.15) is 5.60 Å². The number of carbonyl (C=O) groups is 1. The molecule has 0 radical (unpaired) electrons. The van der Waals surface area contributed by atoms with E-state index < -0.39 is 22.3 Å². The number of hydrogen-bond acceptors (Lipinski definition) is 5. The number of carbonyl (C=O) groups excluding carboxylic acids is 1. The summed E-state index contributed by atoms with van der Waals surface area (Å²) < 4.78 is 5.93. The van der Waals surface area contributed by atoms with Crippen LogP contribution in [0.5, 0.6) is 0 Å². The van der Waals surface area contributed by atoms with Gasteiger partial charge in [0.05, 0.1) is 16.0 Å². The minimum Gasteiger partial charge on any atom is -0.443 e. The van der Waals surface area contributed by atoms with E-state index in [0.29, 0.717) is 0 Å². The van der Waals surface area contributed by atoms with E-state index in [9.17, 15) is 19.7 Å². The first-order chi connectivity index (χ1) is 9.19. The lowest BCUT2D eigenvalue weighted by molar-refractivity contribution is -0.384. The van der Waals surface area contributed by atoms with Crippen LogP contribution < -0.4 is 5.69 Å². The lowest BCUT2D eigenvalue weighted by atomic mass is 10.2. The fourth-order valence-corrected chi connectivity index (χ4v) is 1.70. The molecular weight excluding hydrogens is 266 g/mol. The van der Waals surface area contributed by atoms with Crippen molar-refractivity contribution in [3.05, 3.63) is 38.8 Å². The Morgan fingerprint density at radius 2 is 2.05 bits per heavy atom. The molecule has 1 N–H and O–H groups in total. The average molecular weight is 279 g/mol. The molecule has 0 aliphatic carbocycles. The molecule has 0 atom stereocenters. The maximum Gasteiger partial charge on any atom is 0.423 e. The van der Waals surface area contributed by atoms with Crippen molar-refractivity contribution in [3.8, 4) is 0 Å². The Morgan fingerprint density at radius 3 is 2.60 bits per heavy atom. The number of fused-ring (bicyclic) bond motifs is 1. The molecule has 20 heavy (non-hydrogen) atoms. The predicted octanol–water partition coefficient (Wildman–Crippen LogP) is 2.02. The van der Waals surface area contributed by atoms with Gasteiger partial charge in [0.15, 0.2) is 0 Å². The van der Waals surface area contributed by atoms with Crippen molar-refractivity contribution in [3.63, 3.8) is 0 Å². The zero-order valence-electron chi connectivity index (χ0n) is 11.2. The number of ether oxygens (including phenoxy) is 1. The maximum absolute atomic E-state index is 12.0. The molecule has 0 saturated carbocycles. The molecule has 8 heteroatoms. The van der Waals surface area contributed by atoms with Crippen LogP contribution in [0.2, 0.25) is 0 Å². The van der Waals surface area contributed by atoms with Gasteiger partial charge in [-0.15, -0.1) is 0 Å². The molecule has 0 spiro atoms. The summed E-state index contributed by atoms with van der Waals surface area (Å²) in [5.74, 6) is 0. The first-order valence-corrected chi connectivity index (χ1v) is 5.81. The molecule has 0 aliphatic rings. The van der Waals surface area contributed by atoms with Crippen molar-refractivity contribution < 1.29 is 14.5 Å². The number of aromatic nitrogens is 2. The van der Waals surface area contributed by atoms with Gasteiger partial charge in [-0.3, -0.25) is 10.1 Å². The molecule has 0 bridgehead atoms. The molecule has 0 amide bonds. The second kappa shape index (κ2) is 4.48. The van der Waals surface area contributed by atoms with Crippen molar-refractivity contribution in [2.75, 3.05) is 0 Å². The largest absolute Gasteiger partial charge is 0.443 e. The SMILES string of the molecule is CC(C)(C)OC(=O)n1c(=O)[nH]c2cc([N+](=O)[O-])ccc21. The highest BCUT2D eigenvalue weighted by atomic mass is 16.6. The number of nitrogens with one attached hydrogen (secondary N) is 1. The lowest BCUT2D eigenvalue weighted by Gasteiger charge is -2.19. The number of nitro groups is 1. The zero-order chi connectivity index (χ0) is 15.1. The molecule has 0 saturated heterocycles. The summed E-state index contributed by atoms with van der Waals surface area (Å²) in [6.45, 7) is 5.03. The zero-order valence-corrected chi connectivity index (χ0v) is 11.2. The first-order valence-electron chi connectivity index (χ1n) is 5.81. The average Bonchev–Trinajstić information content (AvgIpc) is 2.61. The number of hydrogen-bond donors (Lipinski definition) is 1. The summed E-state index contributed by atoms with van der Waals surface area (Å²) in [6.07, 6.45) is -0.831. The fourth-order valence-electron chi connectivity index (χ4n) is 1.70. The van der Waals surface area contributed by atoms with Crippen molar-refractivity contribution >= 4 is 22.8 Å².